The van der Waals surface area contributed by atoms with Crippen molar-refractivity contribution >= 4 is 6.41 Å². The Hall–Kier alpha value is -1.35. The van der Waals surface area contributed by atoms with Crippen LogP contribution in [0.4, 0.5) is 0 Å². The topological polar surface area (TPSA) is 32.3 Å². The highest BCUT2D eigenvalue weighted by atomic mass is 16.1. The Bertz CT molecular complexity index is 376. The Morgan fingerprint density at radius 2 is 2.12 bits per heavy atom. The predicted molar refractivity (Wildman–Crippen MR) is 64.2 cm³/mol. The monoisotopic (exact) mass is 218 g/mol. The number of hydrogen-bond donors (Lipinski definition) is 1. The zero-order valence-corrected chi connectivity index (χ0v) is 9.81. The molecule has 0 saturated heterocycles. The van der Waals surface area contributed by atoms with Gasteiger partial charge in [-0.2, -0.15) is 0 Å². The van der Waals surface area contributed by atoms with Crippen LogP contribution < -0.4 is 5.32 Å². The summed E-state index contributed by atoms with van der Waals surface area (Å²) < 4.78 is 0. The molecule has 16 heavy (non-hydrogen) atoms. The molecule has 0 heterocycles. The smallest absolute Gasteiger partial charge is 0.207 e. The number of rotatable bonds is 3. The van der Waals surface area contributed by atoms with Crippen molar-refractivity contribution in [3.63, 3.8) is 0 Å². The van der Waals surface area contributed by atoms with E-state index < -0.39 is 0 Å². The van der Waals surface area contributed by atoms with Gasteiger partial charge in [-0.05, 0) is 38.1 Å². The summed E-state index contributed by atoms with van der Waals surface area (Å²) in [5.41, 5.74) is 2.62. The number of likely N-dealkylation sites (N-methyl/N-ethyl adjacent to an activating group) is 1. The van der Waals surface area contributed by atoms with E-state index >= 15 is 0 Å². The van der Waals surface area contributed by atoms with E-state index in [0.717, 1.165) is 19.3 Å². The molecule has 1 aliphatic rings. The molecule has 2 rings (SSSR count). The van der Waals surface area contributed by atoms with Crippen LogP contribution in [0.5, 0.6) is 0 Å². The number of nitrogens with one attached hydrogen (secondary N) is 1. The second-order valence-corrected chi connectivity index (χ2v) is 4.59. The van der Waals surface area contributed by atoms with Gasteiger partial charge >= 0.3 is 0 Å². The first-order chi connectivity index (χ1) is 7.72. The molecular formula is C13H18N2O. The summed E-state index contributed by atoms with van der Waals surface area (Å²) in [5, 5.41) is 2.92. The minimum absolute atomic E-state index is 0.162. The van der Waals surface area contributed by atoms with Crippen molar-refractivity contribution in [1.82, 2.24) is 10.2 Å². The molecule has 0 aromatic heterocycles. The van der Waals surface area contributed by atoms with Gasteiger partial charge in [-0.1, -0.05) is 24.3 Å². The fourth-order valence-electron chi connectivity index (χ4n) is 2.43. The van der Waals surface area contributed by atoms with Crippen molar-refractivity contribution in [3.05, 3.63) is 35.4 Å². The van der Waals surface area contributed by atoms with E-state index in [4.69, 9.17) is 0 Å². The van der Waals surface area contributed by atoms with Crippen LogP contribution >= 0.6 is 0 Å². The summed E-state index contributed by atoms with van der Waals surface area (Å²) in [6.07, 6.45) is 2.86. The second kappa shape index (κ2) is 4.66. The maximum Gasteiger partial charge on any atom is 0.207 e. The summed E-state index contributed by atoms with van der Waals surface area (Å²) in [6, 6.07) is 9.04. The highest BCUT2D eigenvalue weighted by Gasteiger charge is 2.27. The minimum Gasteiger partial charge on any atom is -0.352 e. The molecule has 2 atom stereocenters. The van der Waals surface area contributed by atoms with E-state index in [1.807, 2.05) is 6.07 Å². The van der Waals surface area contributed by atoms with Crippen molar-refractivity contribution in [2.75, 3.05) is 14.1 Å². The molecule has 0 spiro atoms. The maximum absolute atomic E-state index is 10.6. The first-order valence-electron chi connectivity index (χ1n) is 5.66. The molecule has 0 saturated carbocycles. The van der Waals surface area contributed by atoms with Crippen LogP contribution in [0.15, 0.2) is 24.3 Å². The third kappa shape index (κ3) is 2.09. The molecule has 1 N–H and O–H groups in total. The molecule has 0 radical (unpaired) electrons. The molecule has 3 nitrogen and oxygen atoms in total. The Balaban J connectivity index is 2.29. The minimum atomic E-state index is 0.162. The van der Waals surface area contributed by atoms with Gasteiger partial charge in [-0.3, -0.25) is 4.79 Å². The van der Waals surface area contributed by atoms with Gasteiger partial charge in [0.05, 0.1) is 6.04 Å². The number of hydrogen-bond acceptors (Lipinski definition) is 2. The number of carbonyl (C=O) groups excluding carboxylic acids is 1. The molecule has 1 aromatic rings. The van der Waals surface area contributed by atoms with Gasteiger partial charge in [-0.25, -0.2) is 0 Å². The van der Waals surface area contributed by atoms with Gasteiger partial charge in [0.1, 0.15) is 0 Å². The largest absolute Gasteiger partial charge is 0.352 e. The summed E-state index contributed by atoms with van der Waals surface area (Å²) in [7, 11) is 4.19. The highest BCUT2D eigenvalue weighted by Crippen LogP contribution is 2.30. The Morgan fingerprint density at radius 3 is 2.81 bits per heavy atom. The molecule has 1 amide bonds. The standard InChI is InChI=1S/C13H18N2O/c1-15(2)11-7-10-5-3-4-6-12(10)13(8-11)14-9-16/h3-6,9,11,13H,7-8H2,1-2H3,(H,14,16). The Morgan fingerprint density at radius 1 is 1.38 bits per heavy atom. The number of fused-ring (bicyclic) bond motifs is 1. The summed E-state index contributed by atoms with van der Waals surface area (Å²) >= 11 is 0. The number of carbonyl (C=O) groups is 1. The zero-order valence-electron chi connectivity index (χ0n) is 9.81. The third-order valence-electron chi connectivity index (χ3n) is 3.39. The normalized spacial score (nSPS) is 23.9. The van der Waals surface area contributed by atoms with Crippen LogP contribution in [-0.2, 0) is 11.2 Å². The molecule has 86 valence electrons. The fraction of sp³-hybridized carbons (Fsp3) is 0.462. The summed E-state index contributed by atoms with van der Waals surface area (Å²) in [5.74, 6) is 0. The van der Waals surface area contributed by atoms with Crippen molar-refractivity contribution in [2.45, 2.75) is 24.9 Å². The molecule has 3 heteroatoms. The Labute approximate surface area is 96.5 Å². The van der Waals surface area contributed by atoms with E-state index in [9.17, 15) is 4.79 Å². The second-order valence-electron chi connectivity index (χ2n) is 4.59. The predicted octanol–water partition coefficient (Wildman–Crippen LogP) is 1.35. The molecule has 1 aromatic carbocycles. The lowest BCUT2D eigenvalue weighted by atomic mass is 9.84. The van der Waals surface area contributed by atoms with Crippen molar-refractivity contribution < 1.29 is 4.79 Å². The van der Waals surface area contributed by atoms with Crippen LogP contribution in [0.25, 0.3) is 0 Å². The molecular weight excluding hydrogens is 200 g/mol. The van der Waals surface area contributed by atoms with E-state index in [2.05, 4.69) is 42.5 Å². The van der Waals surface area contributed by atoms with Crippen molar-refractivity contribution in [1.29, 1.82) is 0 Å². The third-order valence-corrected chi connectivity index (χ3v) is 3.39. The first kappa shape index (κ1) is 11.1. The average Bonchev–Trinajstić information content (AvgIpc) is 2.29. The summed E-state index contributed by atoms with van der Waals surface area (Å²) in [4.78, 5) is 12.9. The lowest BCUT2D eigenvalue weighted by molar-refractivity contribution is -0.110. The van der Waals surface area contributed by atoms with Crippen LogP contribution in [0.1, 0.15) is 23.6 Å². The number of benzene rings is 1. The van der Waals surface area contributed by atoms with Crippen molar-refractivity contribution in [3.8, 4) is 0 Å². The van der Waals surface area contributed by atoms with Gasteiger partial charge in [0.15, 0.2) is 0 Å². The highest BCUT2D eigenvalue weighted by molar-refractivity contribution is 5.49. The van der Waals surface area contributed by atoms with Crippen LogP contribution in [0, 0.1) is 0 Å². The van der Waals surface area contributed by atoms with Gasteiger partial charge in [0, 0.05) is 6.04 Å². The molecule has 2 unspecified atom stereocenters. The number of amides is 1. The van der Waals surface area contributed by atoms with Crippen LogP contribution in [-0.4, -0.2) is 31.4 Å². The van der Waals surface area contributed by atoms with E-state index in [1.165, 1.54) is 11.1 Å². The van der Waals surface area contributed by atoms with Crippen LogP contribution in [0.2, 0.25) is 0 Å². The van der Waals surface area contributed by atoms with Crippen molar-refractivity contribution in [2.24, 2.45) is 0 Å². The Kier molecular flexibility index (Phi) is 3.25. The van der Waals surface area contributed by atoms with Gasteiger partial charge in [0.2, 0.25) is 6.41 Å². The lowest BCUT2D eigenvalue weighted by Gasteiger charge is -2.34. The lowest BCUT2D eigenvalue weighted by Crippen LogP contribution is -2.38. The van der Waals surface area contributed by atoms with Gasteiger partial charge < -0.3 is 10.2 Å². The van der Waals surface area contributed by atoms with Crippen LogP contribution in [0.3, 0.4) is 0 Å². The quantitative estimate of drug-likeness (QED) is 0.777. The van der Waals surface area contributed by atoms with E-state index in [1.54, 1.807) is 0 Å². The molecule has 0 fully saturated rings. The summed E-state index contributed by atoms with van der Waals surface area (Å²) in [6.45, 7) is 0. The van der Waals surface area contributed by atoms with Gasteiger partial charge in [0.25, 0.3) is 0 Å². The fourth-order valence-corrected chi connectivity index (χ4v) is 2.43. The molecule has 0 aliphatic heterocycles. The molecule has 0 bridgehead atoms. The maximum atomic E-state index is 10.6. The number of nitrogens with zero attached hydrogens (tertiary/aromatic N) is 1. The van der Waals surface area contributed by atoms with E-state index in [0.29, 0.717) is 6.04 Å². The zero-order chi connectivity index (χ0) is 11.5. The molecule has 1 aliphatic carbocycles. The van der Waals surface area contributed by atoms with E-state index in [-0.39, 0.29) is 6.04 Å². The van der Waals surface area contributed by atoms with Gasteiger partial charge in [-0.15, -0.1) is 0 Å². The SMILES string of the molecule is CN(C)C1Cc2ccccc2C(NC=O)C1. The average molecular weight is 218 g/mol. The first-order valence-corrected chi connectivity index (χ1v) is 5.66.